The highest BCUT2D eigenvalue weighted by molar-refractivity contribution is 5.07. The van der Waals surface area contributed by atoms with E-state index in [4.69, 9.17) is 4.74 Å². The van der Waals surface area contributed by atoms with Gasteiger partial charge < -0.3 is 14.6 Å². The van der Waals surface area contributed by atoms with Gasteiger partial charge in [0.15, 0.2) is 0 Å². The van der Waals surface area contributed by atoms with E-state index in [9.17, 15) is 0 Å². The zero-order valence-electron chi connectivity index (χ0n) is 14.9. The summed E-state index contributed by atoms with van der Waals surface area (Å²) in [6.07, 6.45) is 7.15. The van der Waals surface area contributed by atoms with Crippen LogP contribution in [0.3, 0.4) is 0 Å². The predicted molar refractivity (Wildman–Crippen MR) is 92.5 cm³/mol. The van der Waals surface area contributed by atoms with Crippen LogP contribution >= 0.6 is 0 Å². The lowest BCUT2D eigenvalue weighted by Gasteiger charge is -2.31. The monoisotopic (exact) mass is 332 g/mol. The second-order valence-corrected chi connectivity index (χ2v) is 6.74. The first-order chi connectivity index (χ1) is 11.6. The molecule has 0 unspecified atom stereocenters. The number of nitrogens with zero attached hydrogens (tertiary/aromatic N) is 5. The summed E-state index contributed by atoms with van der Waals surface area (Å²) in [6, 6.07) is 0. The van der Waals surface area contributed by atoms with Gasteiger partial charge in [-0.1, -0.05) is 6.92 Å². The molecule has 2 aromatic heterocycles. The molecule has 2 aromatic rings. The van der Waals surface area contributed by atoms with Crippen LogP contribution in [-0.4, -0.2) is 63.3 Å². The fourth-order valence-corrected chi connectivity index (χ4v) is 3.07. The molecule has 7 heteroatoms. The highest BCUT2D eigenvalue weighted by Crippen LogP contribution is 2.21. The Labute approximate surface area is 143 Å². The van der Waals surface area contributed by atoms with Crippen molar-refractivity contribution in [3.05, 3.63) is 35.7 Å². The number of nitrogens with one attached hydrogen (secondary N) is 1. The molecule has 0 spiro atoms. The van der Waals surface area contributed by atoms with Crippen molar-refractivity contribution in [1.29, 1.82) is 0 Å². The van der Waals surface area contributed by atoms with E-state index < -0.39 is 0 Å². The van der Waals surface area contributed by atoms with Crippen LogP contribution < -0.4 is 0 Å². The molecule has 1 N–H and O–H groups in total. The van der Waals surface area contributed by atoms with Gasteiger partial charge >= 0.3 is 0 Å². The fourth-order valence-electron chi connectivity index (χ4n) is 3.07. The van der Waals surface area contributed by atoms with Crippen molar-refractivity contribution in [2.24, 2.45) is 0 Å². The number of rotatable bonds is 7. The minimum Gasteiger partial charge on any atom is -0.368 e. The third-order valence-electron chi connectivity index (χ3n) is 4.14. The number of morpholine rings is 1. The Morgan fingerprint density at radius 3 is 3.04 bits per heavy atom. The molecule has 7 nitrogen and oxygen atoms in total. The second kappa shape index (κ2) is 7.92. The molecular weight excluding hydrogens is 304 g/mol. The summed E-state index contributed by atoms with van der Waals surface area (Å²) < 4.78 is 7.95. The number of imidazole rings is 1. The van der Waals surface area contributed by atoms with E-state index in [2.05, 4.69) is 52.1 Å². The Morgan fingerprint density at radius 2 is 2.25 bits per heavy atom. The van der Waals surface area contributed by atoms with Crippen molar-refractivity contribution in [1.82, 2.24) is 29.5 Å². The van der Waals surface area contributed by atoms with Gasteiger partial charge in [0, 0.05) is 56.4 Å². The van der Waals surface area contributed by atoms with Crippen LogP contribution in [0.4, 0.5) is 0 Å². The number of ether oxygens (including phenoxy) is 1. The smallest absolute Gasteiger partial charge is 0.136 e. The summed E-state index contributed by atoms with van der Waals surface area (Å²) in [7, 11) is 4.11. The van der Waals surface area contributed by atoms with E-state index in [1.165, 1.54) is 5.56 Å². The molecule has 0 aromatic carbocycles. The SMILES string of the molecule is CCCn1cc(CN2CCO[C@@H](c3ncc(CN(C)C)[nH]3)C2)cn1. The van der Waals surface area contributed by atoms with Gasteiger partial charge in [0.25, 0.3) is 0 Å². The van der Waals surface area contributed by atoms with Crippen LogP contribution in [0.1, 0.15) is 36.5 Å². The maximum Gasteiger partial charge on any atom is 0.136 e. The minimum atomic E-state index is 0.0142. The fraction of sp³-hybridized carbons (Fsp3) is 0.647. The molecule has 1 fully saturated rings. The van der Waals surface area contributed by atoms with Crippen LogP contribution in [-0.2, 0) is 24.4 Å². The third-order valence-corrected chi connectivity index (χ3v) is 4.14. The third kappa shape index (κ3) is 4.43. The molecule has 132 valence electrons. The van der Waals surface area contributed by atoms with Crippen LogP contribution in [0.15, 0.2) is 18.6 Å². The lowest BCUT2D eigenvalue weighted by molar-refractivity contribution is -0.0369. The zero-order valence-corrected chi connectivity index (χ0v) is 14.9. The van der Waals surface area contributed by atoms with E-state index in [-0.39, 0.29) is 6.10 Å². The van der Waals surface area contributed by atoms with Gasteiger partial charge in [-0.05, 0) is 20.5 Å². The molecule has 0 amide bonds. The van der Waals surface area contributed by atoms with Gasteiger partial charge in [-0.3, -0.25) is 9.58 Å². The van der Waals surface area contributed by atoms with Crippen molar-refractivity contribution in [3.8, 4) is 0 Å². The standard InChI is InChI=1S/C17H28N6O/c1-4-5-23-11-14(8-19-23)10-22-6-7-24-16(13-22)17-18-9-15(20-17)12-21(2)3/h8-9,11,16H,4-7,10,12-13H2,1-3H3,(H,18,20)/t16-/m1/s1. The Bertz CT molecular complexity index is 635. The van der Waals surface area contributed by atoms with Gasteiger partial charge in [0.1, 0.15) is 11.9 Å². The number of aromatic amines is 1. The van der Waals surface area contributed by atoms with Gasteiger partial charge in [-0.15, -0.1) is 0 Å². The molecule has 3 rings (SSSR count). The normalized spacial score (nSPS) is 19.2. The Balaban J connectivity index is 1.58. The quantitative estimate of drug-likeness (QED) is 0.835. The van der Waals surface area contributed by atoms with Crippen molar-refractivity contribution >= 4 is 0 Å². The zero-order chi connectivity index (χ0) is 16.9. The Morgan fingerprint density at radius 1 is 1.38 bits per heavy atom. The lowest BCUT2D eigenvalue weighted by Crippen LogP contribution is -2.38. The summed E-state index contributed by atoms with van der Waals surface area (Å²) >= 11 is 0. The lowest BCUT2D eigenvalue weighted by atomic mass is 10.2. The predicted octanol–water partition coefficient (Wildman–Crippen LogP) is 1.65. The molecule has 3 heterocycles. The maximum atomic E-state index is 5.92. The van der Waals surface area contributed by atoms with E-state index in [1.807, 2.05) is 17.1 Å². The van der Waals surface area contributed by atoms with Gasteiger partial charge in [0.05, 0.1) is 12.8 Å². The maximum absolute atomic E-state index is 5.92. The van der Waals surface area contributed by atoms with Crippen LogP contribution in [0, 0.1) is 0 Å². The largest absolute Gasteiger partial charge is 0.368 e. The summed E-state index contributed by atoms with van der Waals surface area (Å²) in [6.45, 7) is 7.45. The highest BCUT2D eigenvalue weighted by Gasteiger charge is 2.24. The molecule has 1 atom stereocenters. The second-order valence-electron chi connectivity index (χ2n) is 6.74. The molecule has 1 aliphatic heterocycles. The van der Waals surface area contributed by atoms with Crippen LogP contribution in [0.25, 0.3) is 0 Å². The Hall–Kier alpha value is -1.70. The molecule has 24 heavy (non-hydrogen) atoms. The van der Waals surface area contributed by atoms with E-state index in [1.54, 1.807) is 0 Å². The van der Waals surface area contributed by atoms with E-state index in [0.29, 0.717) is 0 Å². The van der Waals surface area contributed by atoms with E-state index in [0.717, 1.165) is 57.3 Å². The summed E-state index contributed by atoms with van der Waals surface area (Å²) in [5.74, 6) is 0.929. The van der Waals surface area contributed by atoms with Crippen molar-refractivity contribution in [3.63, 3.8) is 0 Å². The average Bonchev–Trinajstić information content (AvgIpc) is 3.17. The van der Waals surface area contributed by atoms with Crippen molar-refractivity contribution in [2.75, 3.05) is 33.8 Å². The first-order valence-electron chi connectivity index (χ1n) is 8.68. The molecular formula is C17H28N6O. The molecule has 1 aliphatic rings. The van der Waals surface area contributed by atoms with Gasteiger partial charge in [0.2, 0.25) is 0 Å². The number of aromatic nitrogens is 4. The molecule has 0 radical (unpaired) electrons. The first-order valence-corrected chi connectivity index (χ1v) is 8.68. The summed E-state index contributed by atoms with van der Waals surface area (Å²) in [5.41, 5.74) is 2.38. The van der Waals surface area contributed by atoms with E-state index >= 15 is 0 Å². The molecule has 0 bridgehead atoms. The molecule has 0 saturated carbocycles. The molecule has 1 saturated heterocycles. The first kappa shape index (κ1) is 17.1. The number of aryl methyl sites for hydroxylation is 1. The highest BCUT2D eigenvalue weighted by atomic mass is 16.5. The minimum absolute atomic E-state index is 0.0142. The average molecular weight is 332 g/mol. The van der Waals surface area contributed by atoms with Crippen molar-refractivity contribution in [2.45, 2.75) is 39.1 Å². The topological polar surface area (TPSA) is 62.2 Å². The van der Waals surface area contributed by atoms with Gasteiger partial charge in [-0.25, -0.2) is 4.98 Å². The van der Waals surface area contributed by atoms with Crippen LogP contribution in [0.5, 0.6) is 0 Å². The summed E-state index contributed by atoms with van der Waals surface area (Å²) in [5, 5.41) is 4.42. The summed E-state index contributed by atoms with van der Waals surface area (Å²) in [4.78, 5) is 12.4. The van der Waals surface area contributed by atoms with Gasteiger partial charge in [-0.2, -0.15) is 5.10 Å². The number of hydrogen-bond donors (Lipinski definition) is 1. The van der Waals surface area contributed by atoms with Crippen LogP contribution in [0.2, 0.25) is 0 Å². The van der Waals surface area contributed by atoms with Crippen molar-refractivity contribution < 1.29 is 4.74 Å². The molecule has 0 aliphatic carbocycles. The number of H-pyrrole nitrogens is 1. The number of hydrogen-bond acceptors (Lipinski definition) is 5. The Kier molecular flexibility index (Phi) is 5.65.